The third-order valence-corrected chi connectivity index (χ3v) is 4.50. The molecule has 0 N–H and O–H groups in total. The monoisotopic (exact) mass is 470 g/mol. The summed E-state index contributed by atoms with van der Waals surface area (Å²) in [6, 6.07) is 3.52. The van der Waals surface area contributed by atoms with Crippen LogP contribution in [-0.2, 0) is 9.47 Å². The molecular weight excluding hydrogens is 448 g/mol. The van der Waals surface area contributed by atoms with E-state index in [9.17, 15) is 9.59 Å². The van der Waals surface area contributed by atoms with Gasteiger partial charge in [0.1, 0.15) is 11.2 Å². The van der Waals surface area contributed by atoms with Crippen molar-refractivity contribution in [2.45, 2.75) is 59.7 Å². The van der Waals surface area contributed by atoms with Crippen LogP contribution in [0.3, 0.4) is 0 Å². The normalized spacial score (nSPS) is 12.0. The summed E-state index contributed by atoms with van der Waals surface area (Å²) in [5.41, 5.74) is -0.763. The number of carbonyl (C=O) groups is 2. The van der Waals surface area contributed by atoms with Crippen LogP contribution >= 0.6 is 27.5 Å². The van der Waals surface area contributed by atoms with Crippen molar-refractivity contribution in [3.8, 4) is 0 Å². The van der Waals surface area contributed by atoms with Crippen LogP contribution in [0.1, 0.15) is 47.1 Å². The molecule has 0 radical (unpaired) electrons. The molecule has 0 fully saturated rings. The number of hydrogen-bond acceptors (Lipinski definition) is 5. The van der Waals surface area contributed by atoms with E-state index in [0.717, 1.165) is 15.8 Å². The molecule has 8 heteroatoms. The van der Waals surface area contributed by atoms with E-state index in [1.54, 1.807) is 47.6 Å². The largest absolute Gasteiger partial charge is 0.443 e. The van der Waals surface area contributed by atoms with E-state index in [2.05, 4.69) is 20.9 Å². The standard InChI is InChI=1S/C20H24BrClN2O4/c1-11-8-12-13(9-15(11)22)16(23-10-14(12)21)24(17(25)27-19(2,3)4)18(26)28-20(5,6)7/h8-10H,1-7H3. The third kappa shape index (κ3) is 5.35. The van der Waals surface area contributed by atoms with Gasteiger partial charge in [-0.2, -0.15) is 4.90 Å². The second-order valence-electron chi connectivity index (χ2n) is 8.37. The maximum Gasteiger partial charge on any atom is 0.425 e. The lowest BCUT2D eigenvalue weighted by Gasteiger charge is -2.28. The van der Waals surface area contributed by atoms with Gasteiger partial charge in [0, 0.05) is 26.5 Å². The minimum Gasteiger partial charge on any atom is -0.443 e. The van der Waals surface area contributed by atoms with Crippen molar-refractivity contribution in [3.05, 3.63) is 33.4 Å². The Morgan fingerprint density at radius 2 is 1.50 bits per heavy atom. The number of anilines is 1. The third-order valence-electron chi connectivity index (χ3n) is 3.46. The number of carbonyl (C=O) groups excluding carboxylic acids is 2. The van der Waals surface area contributed by atoms with Crippen molar-refractivity contribution in [2.24, 2.45) is 0 Å². The number of halogens is 2. The number of benzene rings is 1. The first-order valence-electron chi connectivity index (χ1n) is 8.70. The van der Waals surface area contributed by atoms with Gasteiger partial charge in [-0.3, -0.25) is 0 Å². The fourth-order valence-corrected chi connectivity index (χ4v) is 2.96. The molecule has 0 spiro atoms. The molecule has 0 aliphatic carbocycles. The van der Waals surface area contributed by atoms with Gasteiger partial charge in [-0.05, 0) is 82.1 Å². The molecule has 0 atom stereocenters. The molecule has 0 aliphatic rings. The number of nitrogens with zero attached hydrogens (tertiary/aromatic N) is 2. The number of rotatable bonds is 1. The van der Waals surface area contributed by atoms with Crippen LogP contribution in [0.25, 0.3) is 10.8 Å². The van der Waals surface area contributed by atoms with Gasteiger partial charge < -0.3 is 9.47 Å². The van der Waals surface area contributed by atoms with E-state index >= 15 is 0 Å². The maximum absolute atomic E-state index is 12.9. The van der Waals surface area contributed by atoms with Gasteiger partial charge in [-0.1, -0.05) is 11.6 Å². The molecule has 1 aromatic carbocycles. The molecule has 0 saturated heterocycles. The number of fused-ring (bicyclic) bond motifs is 1. The van der Waals surface area contributed by atoms with Crippen molar-refractivity contribution in [3.63, 3.8) is 0 Å². The van der Waals surface area contributed by atoms with Gasteiger partial charge in [-0.15, -0.1) is 0 Å². The predicted molar refractivity (Wildman–Crippen MR) is 114 cm³/mol. The van der Waals surface area contributed by atoms with Crippen LogP contribution in [0.4, 0.5) is 15.4 Å². The first-order valence-corrected chi connectivity index (χ1v) is 9.87. The summed E-state index contributed by atoms with van der Waals surface area (Å²) in [4.78, 5) is 30.9. The molecule has 0 saturated carbocycles. The minimum absolute atomic E-state index is 0.0867. The molecule has 0 aliphatic heterocycles. The summed E-state index contributed by atoms with van der Waals surface area (Å²) in [5.74, 6) is 0.0867. The minimum atomic E-state index is -0.880. The summed E-state index contributed by atoms with van der Waals surface area (Å²) < 4.78 is 11.6. The second kappa shape index (κ2) is 7.87. The Morgan fingerprint density at radius 3 is 1.96 bits per heavy atom. The Hall–Kier alpha value is -1.86. The van der Waals surface area contributed by atoms with Crippen molar-refractivity contribution in [1.82, 2.24) is 4.98 Å². The molecule has 2 amide bonds. The summed E-state index contributed by atoms with van der Waals surface area (Å²) in [6.45, 7) is 12.2. The number of ether oxygens (including phenoxy) is 2. The number of pyridine rings is 1. The zero-order valence-corrected chi connectivity index (χ0v) is 19.4. The van der Waals surface area contributed by atoms with E-state index in [-0.39, 0.29) is 5.82 Å². The highest BCUT2D eigenvalue weighted by molar-refractivity contribution is 9.10. The summed E-state index contributed by atoms with van der Waals surface area (Å²) in [6.07, 6.45) is -0.239. The molecule has 152 valence electrons. The van der Waals surface area contributed by atoms with Crippen LogP contribution in [-0.4, -0.2) is 28.4 Å². The van der Waals surface area contributed by atoms with Crippen LogP contribution < -0.4 is 4.90 Å². The Kier molecular flexibility index (Phi) is 6.31. The fraction of sp³-hybridized carbons (Fsp3) is 0.450. The molecule has 0 bridgehead atoms. The lowest BCUT2D eigenvalue weighted by Crippen LogP contribution is -2.44. The van der Waals surface area contributed by atoms with Gasteiger partial charge in [0.15, 0.2) is 5.82 Å². The zero-order valence-electron chi connectivity index (χ0n) is 17.0. The van der Waals surface area contributed by atoms with Crippen molar-refractivity contribution < 1.29 is 19.1 Å². The number of hydrogen-bond donors (Lipinski definition) is 0. The van der Waals surface area contributed by atoms with Gasteiger partial charge in [0.25, 0.3) is 0 Å². The van der Waals surface area contributed by atoms with Crippen molar-refractivity contribution in [2.75, 3.05) is 4.90 Å². The Bertz CT molecular complexity index is 904. The molecule has 2 aromatic rings. The molecule has 28 heavy (non-hydrogen) atoms. The number of imide groups is 1. The smallest absolute Gasteiger partial charge is 0.425 e. The first kappa shape index (κ1) is 22.4. The highest BCUT2D eigenvalue weighted by Gasteiger charge is 2.34. The molecule has 2 rings (SSSR count). The summed E-state index contributed by atoms with van der Waals surface area (Å²) in [5, 5.41) is 1.76. The topological polar surface area (TPSA) is 68.7 Å². The number of amides is 2. The predicted octanol–water partition coefficient (Wildman–Crippen LogP) is 6.64. The maximum atomic E-state index is 12.9. The SMILES string of the molecule is Cc1cc2c(Br)cnc(N(C(=O)OC(C)(C)C)C(=O)OC(C)(C)C)c2cc1Cl. The van der Waals surface area contributed by atoms with Gasteiger partial charge in [-0.25, -0.2) is 14.6 Å². The quantitative estimate of drug-likeness (QED) is 0.466. The Balaban J connectivity index is 2.69. The fourth-order valence-electron chi connectivity index (χ4n) is 2.36. The molecule has 1 aromatic heterocycles. The van der Waals surface area contributed by atoms with E-state index in [4.69, 9.17) is 21.1 Å². The highest BCUT2D eigenvalue weighted by atomic mass is 79.9. The van der Waals surface area contributed by atoms with E-state index in [1.807, 2.05) is 13.0 Å². The highest BCUT2D eigenvalue weighted by Crippen LogP contribution is 2.35. The van der Waals surface area contributed by atoms with Crippen LogP contribution in [0.2, 0.25) is 5.02 Å². The second-order valence-corrected chi connectivity index (χ2v) is 9.63. The average molecular weight is 472 g/mol. The number of aromatic nitrogens is 1. The van der Waals surface area contributed by atoms with E-state index < -0.39 is 23.4 Å². The Morgan fingerprint density at radius 1 is 1.00 bits per heavy atom. The zero-order chi connectivity index (χ0) is 21.4. The van der Waals surface area contributed by atoms with Crippen LogP contribution in [0.15, 0.2) is 22.8 Å². The first-order chi connectivity index (χ1) is 12.7. The van der Waals surface area contributed by atoms with Gasteiger partial charge >= 0.3 is 12.2 Å². The average Bonchev–Trinajstić information content (AvgIpc) is 2.48. The van der Waals surface area contributed by atoms with Crippen LogP contribution in [0, 0.1) is 6.92 Å². The number of aryl methyl sites for hydroxylation is 1. The summed E-state index contributed by atoms with van der Waals surface area (Å²) >= 11 is 9.75. The van der Waals surface area contributed by atoms with Crippen molar-refractivity contribution in [1.29, 1.82) is 0 Å². The van der Waals surface area contributed by atoms with Gasteiger partial charge in [0.2, 0.25) is 0 Å². The van der Waals surface area contributed by atoms with Crippen LogP contribution in [0.5, 0.6) is 0 Å². The Labute approximate surface area is 178 Å². The molecular formula is C20H24BrClN2O4. The van der Waals surface area contributed by atoms with Crippen molar-refractivity contribution >= 4 is 56.3 Å². The van der Waals surface area contributed by atoms with Gasteiger partial charge in [0.05, 0.1) is 0 Å². The van der Waals surface area contributed by atoms with E-state index in [1.165, 1.54) is 6.20 Å². The lowest BCUT2D eigenvalue weighted by molar-refractivity contribution is 0.0429. The lowest BCUT2D eigenvalue weighted by atomic mass is 10.1. The molecule has 6 nitrogen and oxygen atoms in total. The van der Waals surface area contributed by atoms with E-state index in [0.29, 0.717) is 14.9 Å². The molecule has 1 heterocycles. The molecule has 0 unspecified atom stereocenters. The summed E-state index contributed by atoms with van der Waals surface area (Å²) in [7, 11) is 0.